The molecule has 2 aliphatic carbocycles. The minimum absolute atomic E-state index is 0.139. The fourth-order valence-corrected chi connectivity index (χ4v) is 5.65. The molecule has 0 aliphatic heterocycles. The molecule has 0 radical (unpaired) electrons. The molecule has 2 aliphatic rings. The van der Waals surface area contributed by atoms with Crippen LogP contribution in [0.3, 0.4) is 0 Å². The van der Waals surface area contributed by atoms with Crippen molar-refractivity contribution >= 4 is 0 Å². The highest BCUT2D eigenvalue weighted by atomic mass is 19.4. The Labute approximate surface area is 228 Å². The number of alkyl halides is 6. The first-order valence-electron chi connectivity index (χ1n) is 13.6. The fraction of sp³-hybridized carbons (Fsp3) is 0.581. The van der Waals surface area contributed by atoms with Crippen LogP contribution < -0.4 is 0 Å². The van der Waals surface area contributed by atoms with Gasteiger partial charge in [0.15, 0.2) is 0 Å². The van der Waals surface area contributed by atoms with Gasteiger partial charge in [0, 0.05) is 25.6 Å². The van der Waals surface area contributed by atoms with E-state index in [2.05, 4.69) is 37.8 Å². The normalized spacial score (nSPS) is 18.2. The second-order valence-electron chi connectivity index (χ2n) is 11.2. The average Bonchev–Trinajstić information content (AvgIpc) is 3.76. The Bertz CT molecular complexity index is 1120. The van der Waals surface area contributed by atoms with Crippen molar-refractivity contribution in [2.24, 2.45) is 0 Å². The molecule has 2 fully saturated rings. The lowest BCUT2D eigenvalue weighted by atomic mass is 9.81. The summed E-state index contributed by atoms with van der Waals surface area (Å²) >= 11 is 0. The quantitative estimate of drug-likeness (QED) is 0.276. The minimum atomic E-state index is -4.55. The monoisotopic (exact) mass is 552 g/mol. The molecular formula is C31H38F6N2. The lowest BCUT2D eigenvalue weighted by molar-refractivity contribution is -0.167. The largest absolute Gasteiger partial charge is 0.398 e. The molecule has 214 valence electrons. The Balaban J connectivity index is 0.00000134. The summed E-state index contributed by atoms with van der Waals surface area (Å²) < 4.78 is 83.8. The molecule has 2 aromatic carbocycles. The molecule has 1 atom stereocenters. The van der Waals surface area contributed by atoms with Crippen LogP contribution in [0.5, 0.6) is 0 Å². The van der Waals surface area contributed by atoms with Crippen molar-refractivity contribution in [3.63, 3.8) is 0 Å². The number of nitrogens with zero attached hydrogens (tertiary/aromatic N) is 2. The number of halogens is 6. The SMILES string of the molecule is CC#N.CC(C)N(CCc1ccccc1)C(C)CCc1ccc(C2(C(F)(F)F)CC2)c(C2(C(F)(F)F)CC2)c1. The van der Waals surface area contributed by atoms with Crippen LogP contribution in [0, 0.1) is 11.3 Å². The highest BCUT2D eigenvalue weighted by Gasteiger charge is 2.70. The Kier molecular flexibility index (Phi) is 9.47. The van der Waals surface area contributed by atoms with Crippen LogP contribution in [0.25, 0.3) is 0 Å². The third kappa shape index (κ3) is 6.80. The zero-order valence-electron chi connectivity index (χ0n) is 23.1. The third-order valence-electron chi connectivity index (χ3n) is 8.28. The van der Waals surface area contributed by atoms with Gasteiger partial charge in [-0.25, -0.2) is 0 Å². The standard InChI is InChI=1S/C29H35F6N.C2H3N/c1-20(2)36(18-13-22-7-5-4-6-8-22)21(3)9-10-23-11-12-24(26(14-15-26)28(30,31)32)25(19-23)27(16-17-27)29(33,34)35;1-2-3/h4-8,11-12,19-21H,9-10,13-18H2,1-3H3;1H3. The Hall–Kier alpha value is -2.53. The Morgan fingerprint density at radius 3 is 1.77 bits per heavy atom. The average molecular weight is 553 g/mol. The van der Waals surface area contributed by atoms with Gasteiger partial charge in [0.05, 0.1) is 16.9 Å². The predicted octanol–water partition coefficient (Wildman–Crippen LogP) is 8.68. The molecule has 0 heterocycles. The van der Waals surface area contributed by atoms with Crippen molar-refractivity contribution in [1.29, 1.82) is 5.26 Å². The Morgan fingerprint density at radius 2 is 1.31 bits per heavy atom. The van der Waals surface area contributed by atoms with Crippen molar-refractivity contribution in [1.82, 2.24) is 4.90 Å². The van der Waals surface area contributed by atoms with Crippen molar-refractivity contribution in [2.75, 3.05) is 6.54 Å². The number of nitriles is 1. The van der Waals surface area contributed by atoms with E-state index in [4.69, 9.17) is 5.26 Å². The summed E-state index contributed by atoms with van der Waals surface area (Å²) in [5.41, 5.74) is -2.63. The van der Waals surface area contributed by atoms with E-state index in [-0.39, 0.29) is 42.9 Å². The van der Waals surface area contributed by atoms with Gasteiger partial charge in [0.1, 0.15) is 0 Å². The van der Waals surface area contributed by atoms with Crippen molar-refractivity contribution in [2.45, 2.75) is 108 Å². The van der Waals surface area contributed by atoms with Crippen molar-refractivity contribution in [3.8, 4) is 6.07 Å². The van der Waals surface area contributed by atoms with E-state index in [1.807, 2.05) is 18.2 Å². The molecule has 1 unspecified atom stereocenters. The second kappa shape index (κ2) is 11.9. The summed E-state index contributed by atoms with van der Waals surface area (Å²) in [5, 5.41) is 7.32. The molecule has 0 bridgehead atoms. The van der Waals surface area contributed by atoms with Gasteiger partial charge in [-0.05, 0) is 88.0 Å². The lowest BCUT2D eigenvalue weighted by Gasteiger charge is -2.33. The second-order valence-corrected chi connectivity index (χ2v) is 11.2. The number of hydrogen-bond acceptors (Lipinski definition) is 2. The van der Waals surface area contributed by atoms with Gasteiger partial charge in [0.25, 0.3) is 0 Å². The number of aryl methyl sites for hydroxylation is 1. The van der Waals surface area contributed by atoms with Gasteiger partial charge in [-0.1, -0.05) is 48.5 Å². The summed E-state index contributed by atoms with van der Waals surface area (Å²) in [6.07, 6.45) is -7.52. The summed E-state index contributed by atoms with van der Waals surface area (Å²) in [6, 6.07) is 16.8. The smallest absolute Gasteiger partial charge is 0.298 e. The van der Waals surface area contributed by atoms with Crippen LogP contribution in [0.1, 0.15) is 82.1 Å². The topological polar surface area (TPSA) is 27.0 Å². The van der Waals surface area contributed by atoms with Gasteiger partial charge in [-0.2, -0.15) is 31.6 Å². The first-order valence-corrected chi connectivity index (χ1v) is 13.6. The highest BCUT2D eigenvalue weighted by Crippen LogP contribution is 2.66. The lowest BCUT2D eigenvalue weighted by Crippen LogP contribution is -2.40. The molecule has 4 rings (SSSR count). The molecule has 39 heavy (non-hydrogen) atoms. The van der Waals surface area contributed by atoms with E-state index in [0.717, 1.165) is 19.4 Å². The summed E-state index contributed by atoms with van der Waals surface area (Å²) in [6.45, 7) is 8.65. The maximum absolute atomic E-state index is 14.0. The minimum Gasteiger partial charge on any atom is -0.298 e. The molecule has 2 nitrogen and oxygen atoms in total. The molecule has 0 aromatic heterocycles. The van der Waals surface area contributed by atoms with Gasteiger partial charge in [-0.3, -0.25) is 4.90 Å². The van der Waals surface area contributed by atoms with Crippen LogP contribution >= 0.6 is 0 Å². The molecular weight excluding hydrogens is 514 g/mol. The van der Waals surface area contributed by atoms with Crippen molar-refractivity contribution < 1.29 is 26.3 Å². The molecule has 2 aromatic rings. The predicted molar refractivity (Wildman–Crippen MR) is 141 cm³/mol. The molecule has 8 heteroatoms. The van der Waals surface area contributed by atoms with Crippen LogP contribution in [0.15, 0.2) is 48.5 Å². The highest BCUT2D eigenvalue weighted by molar-refractivity contribution is 5.50. The maximum Gasteiger partial charge on any atom is 0.398 e. The molecule has 0 saturated heterocycles. The first kappa shape index (κ1) is 31.0. The fourth-order valence-electron chi connectivity index (χ4n) is 5.65. The zero-order valence-corrected chi connectivity index (χ0v) is 23.1. The van der Waals surface area contributed by atoms with E-state index in [1.165, 1.54) is 24.6 Å². The maximum atomic E-state index is 14.0. The van der Waals surface area contributed by atoms with Crippen molar-refractivity contribution in [3.05, 3.63) is 70.8 Å². The molecule has 0 amide bonds. The van der Waals surface area contributed by atoms with E-state index in [1.54, 1.807) is 12.1 Å². The Morgan fingerprint density at radius 1 is 0.795 bits per heavy atom. The van der Waals surface area contributed by atoms with Crippen LogP contribution in [-0.4, -0.2) is 35.9 Å². The van der Waals surface area contributed by atoms with E-state index in [9.17, 15) is 26.3 Å². The number of hydrogen-bond donors (Lipinski definition) is 0. The van der Waals surface area contributed by atoms with Gasteiger partial charge >= 0.3 is 12.4 Å². The molecule has 0 N–H and O–H groups in total. The first-order chi connectivity index (χ1) is 18.2. The molecule has 2 saturated carbocycles. The van der Waals surface area contributed by atoms with Crippen LogP contribution in [0.2, 0.25) is 0 Å². The zero-order chi connectivity index (χ0) is 29.1. The number of rotatable bonds is 10. The van der Waals surface area contributed by atoms with E-state index < -0.39 is 23.2 Å². The van der Waals surface area contributed by atoms with Gasteiger partial charge in [-0.15, -0.1) is 0 Å². The van der Waals surface area contributed by atoms with E-state index >= 15 is 0 Å². The van der Waals surface area contributed by atoms with Gasteiger partial charge < -0.3 is 0 Å². The van der Waals surface area contributed by atoms with Gasteiger partial charge in [0.2, 0.25) is 0 Å². The van der Waals surface area contributed by atoms with Crippen LogP contribution in [0.4, 0.5) is 26.3 Å². The van der Waals surface area contributed by atoms with E-state index in [0.29, 0.717) is 18.0 Å². The summed E-state index contributed by atoms with van der Waals surface area (Å²) in [5.74, 6) is 0. The molecule has 0 spiro atoms. The number of benzene rings is 2. The summed E-state index contributed by atoms with van der Waals surface area (Å²) in [4.78, 5) is 2.38. The summed E-state index contributed by atoms with van der Waals surface area (Å²) in [7, 11) is 0. The third-order valence-corrected chi connectivity index (χ3v) is 8.28. The van der Waals surface area contributed by atoms with Crippen LogP contribution in [-0.2, 0) is 23.7 Å².